The zero-order valence-corrected chi connectivity index (χ0v) is 14.5. The Balaban J connectivity index is 1.75. The third kappa shape index (κ3) is 4.02. The first kappa shape index (κ1) is 17.9. The molecular formula is C18H15FN2O4S. The zero-order chi connectivity index (χ0) is 18.7. The maximum atomic E-state index is 13.0. The van der Waals surface area contributed by atoms with Gasteiger partial charge < -0.3 is 14.8 Å². The van der Waals surface area contributed by atoms with Crippen LogP contribution in [0.1, 0.15) is 30.0 Å². The fourth-order valence-electron chi connectivity index (χ4n) is 2.33. The number of amidine groups is 1. The molecule has 0 fully saturated rings. The zero-order valence-electron chi connectivity index (χ0n) is 13.7. The highest BCUT2D eigenvalue weighted by atomic mass is 32.2. The van der Waals surface area contributed by atoms with Gasteiger partial charge in [0.05, 0.1) is 4.91 Å². The molecule has 1 aliphatic rings. The van der Waals surface area contributed by atoms with Crippen LogP contribution in [-0.4, -0.2) is 22.2 Å². The van der Waals surface area contributed by atoms with Gasteiger partial charge in [0, 0.05) is 12.5 Å². The van der Waals surface area contributed by atoms with Gasteiger partial charge in [-0.2, -0.15) is 4.99 Å². The van der Waals surface area contributed by atoms with Crippen LogP contribution in [0.25, 0.3) is 6.08 Å². The van der Waals surface area contributed by atoms with Crippen molar-refractivity contribution in [3.63, 3.8) is 0 Å². The van der Waals surface area contributed by atoms with E-state index in [4.69, 9.17) is 4.42 Å². The van der Waals surface area contributed by atoms with E-state index in [1.54, 1.807) is 12.1 Å². The van der Waals surface area contributed by atoms with Gasteiger partial charge >= 0.3 is 5.97 Å². The average Bonchev–Trinajstić information content (AvgIpc) is 3.20. The van der Waals surface area contributed by atoms with Crippen molar-refractivity contribution in [1.29, 1.82) is 0 Å². The fraction of sp³-hybridized carbons (Fsp3) is 0.167. The molecule has 134 valence electrons. The van der Waals surface area contributed by atoms with E-state index in [-0.39, 0.29) is 5.17 Å². The van der Waals surface area contributed by atoms with Gasteiger partial charge in [0.1, 0.15) is 17.3 Å². The number of rotatable bonds is 5. The number of aliphatic imine (C=N–C) groups is 1. The van der Waals surface area contributed by atoms with Crippen LogP contribution in [0.15, 0.2) is 50.7 Å². The summed E-state index contributed by atoms with van der Waals surface area (Å²) in [6.45, 7) is 1.96. The van der Waals surface area contributed by atoms with Crippen LogP contribution in [0.5, 0.6) is 0 Å². The van der Waals surface area contributed by atoms with Crippen molar-refractivity contribution in [1.82, 2.24) is 5.32 Å². The van der Waals surface area contributed by atoms with Gasteiger partial charge in [-0.3, -0.25) is 4.79 Å². The third-order valence-electron chi connectivity index (χ3n) is 3.64. The molecule has 1 atom stereocenters. The summed E-state index contributed by atoms with van der Waals surface area (Å²) in [5.41, 5.74) is 0.353. The number of carboxylic acids is 1. The van der Waals surface area contributed by atoms with Gasteiger partial charge in [-0.05, 0) is 41.6 Å². The van der Waals surface area contributed by atoms with Crippen LogP contribution in [0.2, 0.25) is 0 Å². The third-order valence-corrected chi connectivity index (χ3v) is 4.56. The monoisotopic (exact) mass is 374 g/mol. The molecule has 2 aromatic rings. The molecule has 6 nitrogen and oxygen atoms in total. The SMILES string of the molecule is CCc1ccc(/C=C2\SC(NC(C(=O)O)c3ccc(F)cc3)=NC2=O)o1. The first-order valence-electron chi connectivity index (χ1n) is 7.82. The van der Waals surface area contributed by atoms with Crippen LogP contribution < -0.4 is 5.32 Å². The average molecular weight is 374 g/mol. The lowest BCUT2D eigenvalue weighted by molar-refractivity contribution is -0.139. The highest BCUT2D eigenvalue weighted by Crippen LogP contribution is 2.29. The number of carboxylic acid groups (broad SMARTS) is 1. The van der Waals surface area contributed by atoms with E-state index in [9.17, 15) is 19.1 Å². The summed E-state index contributed by atoms with van der Waals surface area (Å²) in [5, 5.41) is 12.3. The maximum Gasteiger partial charge on any atom is 0.330 e. The Bertz CT molecular complexity index is 902. The lowest BCUT2D eigenvalue weighted by Gasteiger charge is -2.15. The van der Waals surface area contributed by atoms with Crippen molar-refractivity contribution in [3.8, 4) is 0 Å². The predicted octanol–water partition coefficient (Wildman–Crippen LogP) is 3.37. The van der Waals surface area contributed by atoms with E-state index < -0.39 is 23.7 Å². The van der Waals surface area contributed by atoms with E-state index in [0.717, 1.165) is 23.9 Å². The number of halogens is 1. The number of nitrogens with one attached hydrogen (secondary N) is 1. The second-order valence-electron chi connectivity index (χ2n) is 5.46. The van der Waals surface area contributed by atoms with Gasteiger partial charge in [-0.25, -0.2) is 9.18 Å². The van der Waals surface area contributed by atoms with Crippen LogP contribution >= 0.6 is 11.8 Å². The summed E-state index contributed by atoms with van der Waals surface area (Å²) in [5.74, 6) is -0.773. The minimum absolute atomic E-state index is 0.167. The van der Waals surface area contributed by atoms with Crippen molar-refractivity contribution in [3.05, 3.63) is 64.2 Å². The molecule has 2 heterocycles. The maximum absolute atomic E-state index is 13.0. The molecule has 1 aromatic carbocycles. The van der Waals surface area contributed by atoms with Gasteiger partial charge in [-0.15, -0.1) is 0 Å². The highest BCUT2D eigenvalue weighted by molar-refractivity contribution is 8.18. The summed E-state index contributed by atoms with van der Waals surface area (Å²) >= 11 is 1.03. The molecule has 26 heavy (non-hydrogen) atoms. The largest absolute Gasteiger partial charge is 0.479 e. The van der Waals surface area contributed by atoms with E-state index in [0.29, 0.717) is 16.2 Å². The number of carbonyl (C=O) groups is 2. The number of aliphatic carboxylic acids is 1. The molecule has 0 saturated heterocycles. The topological polar surface area (TPSA) is 91.9 Å². The van der Waals surface area contributed by atoms with Crippen LogP contribution in [0.3, 0.4) is 0 Å². The van der Waals surface area contributed by atoms with Crippen molar-refractivity contribution in [2.75, 3.05) is 0 Å². The first-order valence-corrected chi connectivity index (χ1v) is 8.64. The Morgan fingerprint density at radius 3 is 2.69 bits per heavy atom. The number of furan rings is 1. The molecule has 3 rings (SSSR count). The number of nitrogens with zero attached hydrogens (tertiary/aromatic N) is 1. The lowest BCUT2D eigenvalue weighted by Crippen LogP contribution is -2.31. The van der Waals surface area contributed by atoms with Gasteiger partial charge in [0.2, 0.25) is 0 Å². The van der Waals surface area contributed by atoms with Crippen LogP contribution in [-0.2, 0) is 16.0 Å². The standard InChI is InChI=1S/C18H15FN2O4S/c1-2-12-7-8-13(25-12)9-14-16(22)21-18(26-14)20-15(17(23)24)10-3-5-11(19)6-4-10/h3-9,15H,2H2,1H3,(H,23,24)(H,20,21,22)/b14-9-. The molecule has 8 heteroatoms. The second-order valence-corrected chi connectivity index (χ2v) is 6.49. The number of hydrogen-bond donors (Lipinski definition) is 2. The van der Waals surface area contributed by atoms with Crippen molar-refractivity contribution < 1.29 is 23.5 Å². The van der Waals surface area contributed by atoms with Gasteiger partial charge in [-0.1, -0.05) is 19.1 Å². The van der Waals surface area contributed by atoms with Crippen molar-refractivity contribution >= 4 is 34.9 Å². The molecule has 1 aromatic heterocycles. The number of thioether (sulfide) groups is 1. The summed E-state index contributed by atoms with van der Waals surface area (Å²) in [4.78, 5) is 27.7. The molecule has 0 radical (unpaired) electrons. The molecule has 0 spiro atoms. The molecule has 2 N–H and O–H groups in total. The minimum Gasteiger partial charge on any atom is -0.479 e. The number of carbonyl (C=O) groups excluding carboxylic acids is 1. The summed E-state index contributed by atoms with van der Waals surface area (Å²) in [6.07, 6.45) is 2.31. The quantitative estimate of drug-likeness (QED) is 0.780. The van der Waals surface area contributed by atoms with E-state index in [1.807, 2.05) is 13.0 Å². The molecule has 0 aliphatic carbocycles. The number of amides is 1. The highest BCUT2D eigenvalue weighted by Gasteiger charge is 2.27. The van der Waals surface area contributed by atoms with Crippen molar-refractivity contribution in [2.45, 2.75) is 19.4 Å². The summed E-state index contributed by atoms with van der Waals surface area (Å²) < 4.78 is 18.6. The Kier molecular flexibility index (Phi) is 5.22. The Labute approximate surface area is 152 Å². The van der Waals surface area contributed by atoms with Crippen LogP contribution in [0.4, 0.5) is 4.39 Å². The Morgan fingerprint density at radius 1 is 1.35 bits per heavy atom. The summed E-state index contributed by atoms with van der Waals surface area (Å²) in [6, 6.07) is 7.52. The molecular weight excluding hydrogens is 359 g/mol. The molecule has 0 saturated carbocycles. The lowest BCUT2D eigenvalue weighted by atomic mass is 10.1. The minimum atomic E-state index is -1.16. The predicted molar refractivity (Wildman–Crippen MR) is 96.0 cm³/mol. The van der Waals surface area contributed by atoms with Crippen LogP contribution in [0, 0.1) is 5.82 Å². The number of benzene rings is 1. The Morgan fingerprint density at radius 2 is 2.08 bits per heavy atom. The first-order chi connectivity index (χ1) is 12.5. The van der Waals surface area contributed by atoms with Gasteiger partial charge in [0.25, 0.3) is 5.91 Å². The molecule has 1 amide bonds. The van der Waals surface area contributed by atoms with E-state index in [1.165, 1.54) is 24.3 Å². The molecule has 0 bridgehead atoms. The molecule has 1 unspecified atom stereocenters. The second kappa shape index (κ2) is 7.57. The molecule has 1 aliphatic heterocycles. The number of aryl methyl sites for hydroxylation is 1. The number of hydrogen-bond acceptors (Lipinski definition) is 5. The van der Waals surface area contributed by atoms with E-state index >= 15 is 0 Å². The smallest absolute Gasteiger partial charge is 0.330 e. The van der Waals surface area contributed by atoms with E-state index in [2.05, 4.69) is 10.3 Å². The Hall–Kier alpha value is -2.87. The summed E-state index contributed by atoms with van der Waals surface area (Å²) in [7, 11) is 0. The fourth-order valence-corrected chi connectivity index (χ4v) is 3.15. The van der Waals surface area contributed by atoms with Gasteiger partial charge in [0.15, 0.2) is 11.2 Å². The van der Waals surface area contributed by atoms with Crippen molar-refractivity contribution in [2.24, 2.45) is 4.99 Å². The normalized spacial score (nSPS) is 16.6.